The quantitative estimate of drug-likeness (QED) is 0.679. The van der Waals surface area contributed by atoms with Crippen molar-refractivity contribution in [3.05, 3.63) is 0 Å². The van der Waals surface area contributed by atoms with Crippen LogP contribution < -0.4 is 11.1 Å². The largest absolute Gasteiger partial charge is 0.326 e. The molecule has 3 fully saturated rings. The average Bonchev–Trinajstić information content (AvgIpc) is 2.30. The monoisotopic (exact) mass is 256 g/mol. The molecule has 0 unspecified atom stereocenters. The molecule has 3 rings (SSSR count). The first-order valence-electron chi connectivity index (χ1n) is 7.54. The van der Waals surface area contributed by atoms with Gasteiger partial charge in [0.2, 0.25) is 0 Å². The van der Waals surface area contributed by atoms with Gasteiger partial charge in [0.05, 0.1) is 13.1 Å². The Morgan fingerprint density at radius 1 is 0.889 bits per heavy atom. The number of fused-ring (bicyclic) bond motifs is 3. The van der Waals surface area contributed by atoms with E-state index in [-0.39, 0.29) is 5.54 Å². The third-order valence-corrected chi connectivity index (χ3v) is 4.99. The van der Waals surface area contributed by atoms with Crippen LogP contribution in [0.15, 0.2) is 0 Å². The first-order valence-corrected chi connectivity index (χ1v) is 7.54. The molecule has 3 aliphatic rings. The lowest BCUT2D eigenvalue weighted by Crippen LogP contribution is -2.76. The zero-order valence-corrected chi connectivity index (χ0v) is 12.5. The van der Waals surface area contributed by atoms with Crippen LogP contribution in [0.4, 0.5) is 0 Å². The summed E-state index contributed by atoms with van der Waals surface area (Å²) >= 11 is 0. The molecule has 0 aromatic heterocycles. The molecule has 2 bridgehead atoms. The molecule has 106 valence electrons. The molecule has 0 atom stereocenters. The molecule has 0 aliphatic carbocycles. The van der Waals surface area contributed by atoms with Gasteiger partial charge in [0.1, 0.15) is 39.3 Å². The summed E-state index contributed by atoms with van der Waals surface area (Å²) in [6.45, 7) is 19.4. The van der Waals surface area contributed by atoms with Crippen LogP contribution in [-0.2, 0) is 0 Å². The van der Waals surface area contributed by atoms with Gasteiger partial charge in [-0.15, -0.1) is 0 Å². The molecule has 3 N–H and O–H groups in total. The zero-order chi connectivity index (χ0) is 13.3. The molecule has 0 radical (unpaired) electrons. The number of hydrogen-bond acceptors (Lipinski definition) is 2. The smallest absolute Gasteiger partial charge is 0.129 e. The van der Waals surface area contributed by atoms with E-state index in [1.165, 1.54) is 61.3 Å². The fraction of sp³-hybridized carbons (Fsp3) is 1.00. The molecular formula is C14H32N4+2. The van der Waals surface area contributed by atoms with E-state index in [1.54, 1.807) is 0 Å². The van der Waals surface area contributed by atoms with Crippen molar-refractivity contribution in [1.29, 1.82) is 0 Å². The number of nitrogens with zero attached hydrogens (tertiary/aromatic N) is 2. The van der Waals surface area contributed by atoms with Crippen molar-refractivity contribution >= 4 is 0 Å². The first kappa shape index (κ1) is 14.3. The summed E-state index contributed by atoms with van der Waals surface area (Å²) in [6.07, 6.45) is 0. The molecule has 3 heterocycles. The van der Waals surface area contributed by atoms with Crippen LogP contribution in [0, 0.1) is 0 Å². The Balaban J connectivity index is 1.82. The SMILES string of the molecule is CC(C)(C)NCC[N+]12CC[N+](CCN)(CC1)CC2. The highest BCUT2D eigenvalue weighted by atomic mass is 15.5. The second kappa shape index (κ2) is 5.08. The van der Waals surface area contributed by atoms with E-state index in [1.807, 2.05) is 0 Å². The molecule has 3 saturated heterocycles. The Kier molecular flexibility index (Phi) is 4.02. The average molecular weight is 256 g/mol. The van der Waals surface area contributed by atoms with E-state index < -0.39 is 0 Å². The summed E-state index contributed by atoms with van der Waals surface area (Å²) in [6, 6.07) is 0. The third kappa shape index (κ3) is 3.23. The summed E-state index contributed by atoms with van der Waals surface area (Å²) in [5.41, 5.74) is 6.02. The summed E-state index contributed by atoms with van der Waals surface area (Å²) in [7, 11) is 0. The summed E-state index contributed by atoms with van der Waals surface area (Å²) in [5.74, 6) is 0. The predicted octanol–water partition coefficient (Wildman–Crippen LogP) is -0.00600. The molecule has 4 heteroatoms. The van der Waals surface area contributed by atoms with Crippen LogP contribution in [0.5, 0.6) is 0 Å². The lowest BCUT2D eigenvalue weighted by molar-refractivity contribution is -1.08. The molecule has 0 saturated carbocycles. The number of quaternary nitrogens is 2. The van der Waals surface area contributed by atoms with Crippen molar-refractivity contribution in [2.45, 2.75) is 26.3 Å². The lowest BCUT2D eigenvalue weighted by Gasteiger charge is -2.55. The minimum atomic E-state index is 0.253. The highest BCUT2D eigenvalue weighted by Gasteiger charge is 2.48. The van der Waals surface area contributed by atoms with Crippen LogP contribution >= 0.6 is 0 Å². The minimum Gasteiger partial charge on any atom is -0.326 e. The fourth-order valence-electron chi connectivity index (χ4n) is 3.56. The highest BCUT2D eigenvalue weighted by molar-refractivity contribution is 4.71. The van der Waals surface area contributed by atoms with Crippen molar-refractivity contribution in [1.82, 2.24) is 5.32 Å². The van der Waals surface area contributed by atoms with Gasteiger partial charge < -0.3 is 20.0 Å². The summed E-state index contributed by atoms with van der Waals surface area (Å²) < 4.78 is 2.66. The van der Waals surface area contributed by atoms with Gasteiger partial charge in [-0.3, -0.25) is 0 Å². The Bertz CT molecular complexity index is 257. The Hall–Kier alpha value is -0.160. The van der Waals surface area contributed by atoms with Gasteiger partial charge in [-0.05, 0) is 20.8 Å². The van der Waals surface area contributed by atoms with Gasteiger partial charge >= 0.3 is 0 Å². The molecule has 0 amide bonds. The van der Waals surface area contributed by atoms with Crippen LogP contribution in [-0.4, -0.2) is 80.0 Å². The molecule has 3 aliphatic heterocycles. The summed E-state index contributed by atoms with van der Waals surface area (Å²) in [5, 5.41) is 3.64. The van der Waals surface area contributed by atoms with E-state index in [4.69, 9.17) is 5.73 Å². The van der Waals surface area contributed by atoms with Crippen LogP contribution in [0.2, 0.25) is 0 Å². The maximum atomic E-state index is 5.77. The standard InChI is InChI=1S/C14H32N4/c1-14(2,3)16-5-7-18-11-8-17(6-4-15,9-12-18)10-13-18/h16H,4-13,15H2,1-3H3/q+2. The maximum Gasteiger partial charge on any atom is 0.129 e. The van der Waals surface area contributed by atoms with Gasteiger partial charge in [0.15, 0.2) is 0 Å². The number of piperazine rings is 3. The van der Waals surface area contributed by atoms with Crippen LogP contribution in [0.3, 0.4) is 0 Å². The van der Waals surface area contributed by atoms with Gasteiger partial charge in [0, 0.05) is 18.6 Å². The molecule has 0 aromatic carbocycles. The van der Waals surface area contributed by atoms with E-state index >= 15 is 0 Å². The van der Waals surface area contributed by atoms with Crippen molar-refractivity contribution in [3.63, 3.8) is 0 Å². The second-order valence-corrected chi connectivity index (χ2v) is 7.44. The number of nitrogens with two attached hydrogens (primary N) is 1. The van der Waals surface area contributed by atoms with E-state index in [9.17, 15) is 0 Å². The molecule has 18 heavy (non-hydrogen) atoms. The second-order valence-electron chi connectivity index (χ2n) is 7.44. The van der Waals surface area contributed by atoms with Crippen molar-refractivity contribution < 1.29 is 8.97 Å². The zero-order valence-electron chi connectivity index (χ0n) is 12.5. The van der Waals surface area contributed by atoms with Gasteiger partial charge in [0.25, 0.3) is 0 Å². The van der Waals surface area contributed by atoms with Crippen LogP contribution in [0.1, 0.15) is 20.8 Å². The van der Waals surface area contributed by atoms with E-state index in [0.29, 0.717) is 0 Å². The minimum absolute atomic E-state index is 0.253. The normalized spacial score (nSPS) is 36.0. The Morgan fingerprint density at radius 2 is 1.33 bits per heavy atom. The fourth-order valence-corrected chi connectivity index (χ4v) is 3.56. The van der Waals surface area contributed by atoms with E-state index in [0.717, 1.165) is 13.1 Å². The Morgan fingerprint density at radius 3 is 1.72 bits per heavy atom. The molecule has 4 nitrogen and oxygen atoms in total. The van der Waals surface area contributed by atoms with Gasteiger partial charge in [-0.25, -0.2) is 0 Å². The van der Waals surface area contributed by atoms with Gasteiger partial charge in [-0.1, -0.05) is 0 Å². The van der Waals surface area contributed by atoms with Crippen molar-refractivity contribution in [2.75, 3.05) is 65.4 Å². The third-order valence-electron chi connectivity index (χ3n) is 4.99. The van der Waals surface area contributed by atoms with E-state index in [2.05, 4.69) is 26.1 Å². The predicted molar refractivity (Wildman–Crippen MR) is 76.3 cm³/mol. The molecular weight excluding hydrogens is 224 g/mol. The van der Waals surface area contributed by atoms with Gasteiger partial charge in [-0.2, -0.15) is 0 Å². The molecule has 0 spiro atoms. The number of hydrogen-bond donors (Lipinski definition) is 2. The maximum absolute atomic E-state index is 5.77. The number of rotatable bonds is 5. The summed E-state index contributed by atoms with van der Waals surface area (Å²) in [4.78, 5) is 0. The topological polar surface area (TPSA) is 38.0 Å². The van der Waals surface area contributed by atoms with Crippen LogP contribution in [0.25, 0.3) is 0 Å². The van der Waals surface area contributed by atoms with Crippen molar-refractivity contribution in [3.8, 4) is 0 Å². The highest BCUT2D eigenvalue weighted by Crippen LogP contribution is 2.25. The first-order chi connectivity index (χ1) is 8.39. The lowest BCUT2D eigenvalue weighted by atomic mass is 10.1. The number of nitrogens with one attached hydrogen (secondary N) is 1. The Labute approximate surface area is 112 Å². The van der Waals surface area contributed by atoms with Crippen molar-refractivity contribution in [2.24, 2.45) is 5.73 Å². The molecule has 0 aromatic rings.